The van der Waals surface area contributed by atoms with E-state index in [0.717, 1.165) is 6.07 Å². The number of hydrogen-bond donors (Lipinski definition) is 0. The molecule has 0 saturated heterocycles. The van der Waals surface area contributed by atoms with Crippen LogP contribution in [-0.2, 0) is 0 Å². The van der Waals surface area contributed by atoms with Gasteiger partial charge in [-0.25, -0.2) is 4.79 Å². The van der Waals surface area contributed by atoms with E-state index in [4.69, 9.17) is 18.9 Å². The Balaban J connectivity index is 1.57. The fourth-order valence-electron chi connectivity index (χ4n) is 3.31. The molecule has 9 nitrogen and oxygen atoms in total. The zero-order valence-corrected chi connectivity index (χ0v) is 17.6. The molecule has 0 saturated carbocycles. The fourth-order valence-corrected chi connectivity index (χ4v) is 3.31. The van der Waals surface area contributed by atoms with Crippen LogP contribution in [0.15, 0.2) is 66.4 Å². The molecule has 0 amide bonds. The van der Waals surface area contributed by atoms with Crippen LogP contribution in [0.3, 0.4) is 0 Å². The topological polar surface area (TPSA) is 114 Å². The molecule has 4 rings (SSSR count). The molecule has 0 aliphatic carbocycles. The van der Waals surface area contributed by atoms with Gasteiger partial charge in [-0.3, -0.25) is 14.9 Å². The fraction of sp³-hybridized carbons (Fsp3) is 0.0833. The third kappa shape index (κ3) is 4.24. The van der Waals surface area contributed by atoms with Crippen LogP contribution in [0.2, 0.25) is 0 Å². The van der Waals surface area contributed by atoms with E-state index in [1.165, 1.54) is 50.6 Å². The van der Waals surface area contributed by atoms with E-state index in [1.54, 1.807) is 24.3 Å². The largest absolute Gasteiger partial charge is 0.493 e. The number of esters is 1. The standard InChI is InChI=1S/C24H17NO8/c1-30-19-8-4-5-14(23(19)31-2)12-21-22(26)18-10-9-17(13-20(18)33-21)32-24(27)15-6-3-7-16(11-15)25(28)29/h3-13H,1-2H3/b21-12-. The number of Topliss-reactive ketones (excluding diaryl/α,β-unsaturated/α-hetero) is 1. The molecule has 0 atom stereocenters. The maximum Gasteiger partial charge on any atom is 0.343 e. The van der Waals surface area contributed by atoms with E-state index in [0.29, 0.717) is 22.6 Å². The van der Waals surface area contributed by atoms with Crippen LogP contribution in [0.4, 0.5) is 5.69 Å². The molecular formula is C24H17NO8. The first kappa shape index (κ1) is 21.6. The monoisotopic (exact) mass is 447 g/mol. The first-order valence-corrected chi connectivity index (χ1v) is 9.67. The molecule has 0 aromatic heterocycles. The number of hydrogen-bond acceptors (Lipinski definition) is 8. The number of allylic oxidation sites excluding steroid dienone is 1. The number of nitrogens with zero attached hydrogens (tertiary/aromatic N) is 1. The van der Waals surface area contributed by atoms with E-state index >= 15 is 0 Å². The van der Waals surface area contributed by atoms with Crippen LogP contribution in [0, 0.1) is 10.1 Å². The zero-order valence-electron chi connectivity index (χ0n) is 17.6. The highest BCUT2D eigenvalue weighted by Crippen LogP contribution is 2.37. The van der Waals surface area contributed by atoms with Crippen molar-refractivity contribution in [2.24, 2.45) is 0 Å². The Morgan fingerprint density at radius 2 is 1.82 bits per heavy atom. The molecule has 0 spiro atoms. The van der Waals surface area contributed by atoms with Crippen LogP contribution < -0.4 is 18.9 Å². The lowest BCUT2D eigenvalue weighted by Gasteiger charge is -2.10. The number of ether oxygens (including phenoxy) is 4. The molecule has 1 heterocycles. The van der Waals surface area contributed by atoms with Crippen LogP contribution in [0.25, 0.3) is 6.08 Å². The van der Waals surface area contributed by atoms with Crippen molar-refractivity contribution >= 4 is 23.5 Å². The lowest BCUT2D eigenvalue weighted by atomic mass is 10.1. The second kappa shape index (κ2) is 8.83. The summed E-state index contributed by atoms with van der Waals surface area (Å²) < 4.78 is 21.7. The van der Waals surface area contributed by atoms with E-state index in [-0.39, 0.29) is 34.3 Å². The minimum atomic E-state index is -0.778. The predicted octanol–water partition coefficient (Wildman–Crippen LogP) is 4.45. The maximum atomic E-state index is 12.8. The van der Waals surface area contributed by atoms with Gasteiger partial charge in [-0.15, -0.1) is 0 Å². The third-order valence-electron chi connectivity index (χ3n) is 4.86. The van der Waals surface area contributed by atoms with Gasteiger partial charge in [-0.2, -0.15) is 0 Å². The van der Waals surface area contributed by atoms with Crippen molar-refractivity contribution in [3.8, 4) is 23.0 Å². The molecule has 1 aliphatic heterocycles. The van der Waals surface area contributed by atoms with Gasteiger partial charge in [-0.05, 0) is 30.3 Å². The SMILES string of the molecule is COc1cccc(/C=C2\Oc3cc(OC(=O)c4cccc([N+](=O)[O-])c4)ccc3C2=O)c1OC. The molecule has 0 bridgehead atoms. The Bertz CT molecular complexity index is 1310. The van der Waals surface area contributed by atoms with E-state index in [1.807, 2.05) is 0 Å². The molecule has 0 radical (unpaired) electrons. The Morgan fingerprint density at radius 1 is 1.03 bits per heavy atom. The Morgan fingerprint density at radius 3 is 2.55 bits per heavy atom. The Kier molecular flexibility index (Phi) is 5.77. The average Bonchev–Trinajstić information content (AvgIpc) is 3.13. The highest BCUT2D eigenvalue weighted by Gasteiger charge is 2.29. The molecule has 3 aromatic carbocycles. The molecule has 1 aliphatic rings. The number of nitro benzene ring substituents is 1. The van der Waals surface area contributed by atoms with E-state index in [9.17, 15) is 19.7 Å². The van der Waals surface area contributed by atoms with Crippen LogP contribution in [0.1, 0.15) is 26.3 Å². The number of nitro groups is 1. The van der Waals surface area contributed by atoms with Crippen molar-refractivity contribution in [3.63, 3.8) is 0 Å². The van der Waals surface area contributed by atoms with Crippen LogP contribution >= 0.6 is 0 Å². The minimum Gasteiger partial charge on any atom is -0.493 e. The molecular weight excluding hydrogens is 430 g/mol. The van der Waals surface area contributed by atoms with Crippen molar-refractivity contribution in [1.82, 2.24) is 0 Å². The second-order valence-corrected chi connectivity index (χ2v) is 6.88. The highest BCUT2D eigenvalue weighted by molar-refractivity contribution is 6.14. The van der Waals surface area contributed by atoms with Crippen molar-refractivity contribution in [3.05, 3.63) is 93.2 Å². The molecule has 33 heavy (non-hydrogen) atoms. The molecule has 0 unspecified atom stereocenters. The number of carbonyl (C=O) groups excluding carboxylic acids is 2. The van der Waals surface area contributed by atoms with Gasteiger partial charge in [0.1, 0.15) is 11.5 Å². The predicted molar refractivity (Wildman–Crippen MR) is 117 cm³/mol. The van der Waals surface area contributed by atoms with E-state index in [2.05, 4.69) is 0 Å². The number of non-ortho nitro benzene ring substituents is 1. The summed E-state index contributed by atoms with van der Waals surface area (Å²) in [6, 6.07) is 14.8. The van der Waals surface area contributed by atoms with Crippen molar-refractivity contribution in [1.29, 1.82) is 0 Å². The lowest BCUT2D eigenvalue weighted by molar-refractivity contribution is -0.384. The van der Waals surface area contributed by atoms with Gasteiger partial charge in [0.05, 0.1) is 30.3 Å². The molecule has 0 fully saturated rings. The summed E-state index contributed by atoms with van der Waals surface area (Å²) in [4.78, 5) is 35.5. The first-order chi connectivity index (χ1) is 15.9. The number of fused-ring (bicyclic) bond motifs is 1. The average molecular weight is 447 g/mol. The normalized spacial score (nSPS) is 13.3. The van der Waals surface area contributed by atoms with Gasteiger partial charge in [-0.1, -0.05) is 18.2 Å². The number of benzene rings is 3. The number of methoxy groups -OCH3 is 2. The second-order valence-electron chi connectivity index (χ2n) is 6.88. The maximum absolute atomic E-state index is 12.8. The summed E-state index contributed by atoms with van der Waals surface area (Å²) in [6.45, 7) is 0. The molecule has 0 N–H and O–H groups in total. The van der Waals surface area contributed by atoms with Gasteiger partial charge in [0.25, 0.3) is 5.69 Å². The Hall–Kier alpha value is -4.66. The molecule has 9 heteroatoms. The van der Waals surface area contributed by atoms with Gasteiger partial charge in [0, 0.05) is 23.8 Å². The molecule has 3 aromatic rings. The quantitative estimate of drug-likeness (QED) is 0.179. The van der Waals surface area contributed by atoms with Crippen molar-refractivity contribution < 1.29 is 33.5 Å². The van der Waals surface area contributed by atoms with Crippen molar-refractivity contribution in [2.75, 3.05) is 14.2 Å². The summed E-state index contributed by atoms with van der Waals surface area (Å²) in [7, 11) is 3.01. The van der Waals surface area contributed by atoms with E-state index < -0.39 is 10.9 Å². The summed E-state index contributed by atoms with van der Waals surface area (Å²) in [5.41, 5.74) is 0.686. The van der Waals surface area contributed by atoms with Gasteiger partial charge < -0.3 is 18.9 Å². The number of carbonyl (C=O) groups is 2. The highest BCUT2D eigenvalue weighted by atomic mass is 16.6. The lowest BCUT2D eigenvalue weighted by Crippen LogP contribution is -2.08. The summed E-state index contributed by atoms with van der Waals surface area (Å²) >= 11 is 0. The third-order valence-corrected chi connectivity index (χ3v) is 4.86. The smallest absolute Gasteiger partial charge is 0.343 e. The van der Waals surface area contributed by atoms with Crippen molar-refractivity contribution in [2.45, 2.75) is 0 Å². The summed E-state index contributed by atoms with van der Waals surface area (Å²) in [5, 5.41) is 10.9. The zero-order chi connectivity index (χ0) is 23.5. The van der Waals surface area contributed by atoms with Gasteiger partial charge >= 0.3 is 5.97 Å². The molecule has 166 valence electrons. The van der Waals surface area contributed by atoms with Crippen LogP contribution in [-0.4, -0.2) is 30.9 Å². The first-order valence-electron chi connectivity index (χ1n) is 9.67. The Labute approximate surface area is 187 Å². The number of rotatable bonds is 6. The minimum absolute atomic E-state index is 0.0207. The number of para-hydroxylation sites is 1. The van der Waals surface area contributed by atoms with Crippen LogP contribution in [0.5, 0.6) is 23.0 Å². The number of ketones is 1. The van der Waals surface area contributed by atoms with Gasteiger partial charge in [0.15, 0.2) is 17.3 Å². The summed E-state index contributed by atoms with van der Waals surface area (Å²) in [6.07, 6.45) is 1.54. The summed E-state index contributed by atoms with van der Waals surface area (Å²) in [5.74, 6) is 0.248. The van der Waals surface area contributed by atoms with Gasteiger partial charge in [0.2, 0.25) is 5.78 Å².